The van der Waals surface area contributed by atoms with Crippen LogP contribution in [-0.4, -0.2) is 10.9 Å². The predicted molar refractivity (Wildman–Crippen MR) is 63.1 cm³/mol. The van der Waals surface area contributed by atoms with Gasteiger partial charge in [0.1, 0.15) is 0 Å². The number of carbonyl (C=O) groups is 1. The number of nitrogens with zero attached hydrogens (tertiary/aromatic N) is 1. The van der Waals surface area contributed by atoms with Crippen LogP contribution in [0.4, 0.5) is 0 Å². The van der Waals surface area contributed by atoms with E-state index in [0.717, 1.165) is 17.1 Å². The molecule has 0 unspecified atom stereocenters. The standard InChI is InChI=1S/C12H8ClNO2/c1-14-7(6-15)5-9-8-3-2-4-10(13)11(8)16-12(9)14/h2-6H,1H3. The highest BCUT2D eigenvalue weighted by molar-refractivity contribution is 6.35. The number of benzene rings is 1. The second-order valence-corrected chi connectivity index (χ2v) is 4.09. The van der Waals surface area contributed by atoms with E-state index >= 15 is 0 Å². The Hall–Kier alpha value is -1.74. The SMILES string of the molecule is Cn1c(C=O)cc2c3cccc(Cl)c3oc21. The molecule has 80 valence electrons. The van der Waals surface area contributed by atoms with Gasteiger partial charge >= 0.3 is 0 Å². The van der Waals surface area contributed by atoms with Gasteiger partial charge in [-0.05, 0) is 12.1 Å². The number of rotatable bonds is 1. The van der Waals surface area contributed by atoms with E-state index in [-0.39, 0.29) is 0 Å². The summed E-state index contributed by atoms with van der Waals surface area (Å²) in [5.74, 6) is 0. The van der Waals surface area contributed by atoms with E-state index in [0.29, 0.717) is 22.0 Å². The maximum Gasteiger partial charge on any atom is 0.208 e. The summed E-state index contributed by atoms with van der Waals surface area (Å²) in [6.45, 7) is 0. The minimum Gasteiger partial charge on any atom is -0.438 e. The zero-order chi connectivity index (χ0) is 11.3. The third-order valence-electron chi connectivity index (χ3n) is 2.79. The molecule has 2 aromatic heterocycles. The average molecular weight is 234 g/mol. The van der Waals surface area contributed by atoms with E-state index < -0.39 is 0 Å². The molecular weight excluding hydrogens is 226 g/mol. The lowest BCUT2D eigenvalue weighted by Gasteiger charge is -1.94. The van der Waals surface area contributed by atoms with E-state index in [1.54, 1.807) is 17.7 Å². The summed E-state index contributed by atoms with van der Waals surface area (Å²) in [4.78, 5) is 10.8. The van der Waals surface area contributed by atoms with Gasteiger partial charge < -0.3 is 8.98 Å². The van der Waals surface area contributed by atoms with Crippen molar-refractivity contribution in [2.45, 2.75) is 0 Å². The first kappa shape index (κ1) is 9.48. The van der Waals surface area contributed by atoms with Gasteiger partial charge in [0.2, 0.25) is 5.71 Å². The molecule has 0 bridgehead atoms. The Morgan fingerprint density at radius 2 is 2.19 bits per heavy atom. The fourth-order valence-corrected chi connectivity index (χ4v) is 2.17. The molecule has 0 saturated carbocycles. The van der Waals surface area contributed by atoms with Crippen LogP contribution in [0.2, 0.25) is 5.02 Å². The van der Waals surface area contributed by atoms with Crippen LogP contribution in [0.3, 0.4) is 0 Å². The number of hydrogen-bond donors (Lipinski definition) is 0. The maximum atomic E-state index is 10.8. The average Bonchev–Trinajstić information content (AvgIpc) is 2.78. The van der Waals surface area contributed by atoms with Gasteiger partial charge in [-0.3, -0.25) is 4.79 Å². The van der Waals surface area contributed by atoms with Gasteiger partial charge in [-0.25, -0.2) is 0 Å². The monoisotopic (exact) mass is 233 g/mol. The van der Waals surface area contributed by atoms with Crippen molar-refractivity contribution in [3.8, 4) is 0 Å². The highest BCUT2D eigenvalue weighted by Crippen LogP contribution is 2.34. The van der Waals surface area contributed by atoms with Gasteiger partial charge in [0.15, 0.2) is 11.9 Å². The summed E-state index contributed by atoms with van der Waals surface area (Å²) in [6, 6.07) is 7.40. The van der Waals surface area contributed by atoms with E-state index in [1.165, 1.54) is 0 Å². The Morgan fingerprint density at radius 1 is 1.38 bits per heavy atom. The fourth-order valence-electron chi connectivity index (χ4n) is 1.96. The number of hydrogen-bond acceptors (Lipinski definition) is 2. The van der Waals surface area contributed by atoms with Crippen molar-refractivity contribution in [2.75, 3.05) is 0 Å². The molecule has 0 spiro atoms. The third kappa shape index (κ3) is 1.06. The predicted octanol–water partition coefficient (Wildman–Crippen LogP) is 3.39. The molecule has 0 fully saturated rings. The van der Waals surface area contributed by atoms with E-state index in [9.17, 15) is 4.79 Å². The van der Waals surface area contributed by atoms with E-state index in [1.807, 2.05) is 18.2 Å². The number of halogens is 1. The highest BCUT2D eigenvalue weighted by Gasteiger charge is 2.14. The molecule has 0 atom stereocenters. The zero-order valence-corrected chi connectivity index (χ0v) is 9.28. The minimum atomic E-state index is 0.585. The lowest BCUT2D eigenvalue weighted by molar-refractivity contribution is 0.111. The molecule has 3 nitrogen and oxygen atoms in total. The Labute approximate surface area is 96.2 Å². The summed E-state index contributed by atoms with van der Waals surface area (Å²) >= 11 is 6.04. The molecule has 0 radical (unpaired) electrons. The van der Waals surface area contributed by atoms with Crippen molar-refractivity contribution in [1.82, 2.24) is 4.57 Å². The number of aryl methyl sites for hydroxylation is 1. The van der Waals surface area contributed by atoms with E-state index in [2.05, 4.69) is 0 Å². The van der Waals surface area contributed by atoms with Crippen molar-refractivity contribution in [1.29, 1.82) is 0 Å². The van der Waals surface area contributed by atoms with Crippen molar-refractivity contribution < 1.29 is 9.21 Å². The summed E-state index contributed by atoms with van der Waals surface area (Å²) in [5.41, 5.74) is 1.93. The van der Waals surface area contributed by atoms with Crippen LogP contribution in [0.15, 0.2) is 28.7 Å². The lowest BCUT2D eigenvalue weighted by atomic mass is 10.2. The van der Waals surface area contributed by atoms with Gasteiger partial charge in [0, 0.05) is 17.8 Å². The molecule has 0 saturated heterocycles. The number of furan rings is 1. The summed E-state index contributed by atoms with van der Waals surface area (Å²) < 4.78 is 7.39. The molecule has 0 aliphatic rings. The lowest BCUT2D eigenvalue weighted by Crippen LogP contribution is -1.92. The van der Waals surface area contributed by atoms with Crippen molar-refractivity contribution in [2.24, 2.45) is 7.05 Å². The van der Waals surface area contributed by atoms with Crippen LogP contribution < -0.4 is 0 Å². The maximum absolute atomic E-state index is 10.8. The summed E-state index contributed by atoms with van der Waals surface area (Å²) in [7, 11) is 1.79. The molecule has 16 heavy (non-hydrogen) atoms. The van der Waals surface area contributed by atoms with Gasteiger partial charge in [-0.15, -0.1) is 0 Å². The van der Waals surface area contributed by atoms with E-state index in [4.69, 9.17) is 16.0 Å². The van der Waals surface area contributed by atoms with Crippen LogP contribution in [0.1, 0.15) is 10.5 Å². The van der Waals surface area contributed by atoms with Crippen LogP contribution in [0.25, 0.3) is 22.1 Å². The minimum absolute atomic E-state index is 0.585. The Balaban J connectivity index is 2.55. The van der Waals surface area contributed by atoms with Crippen LogP contribution in [0.5, 0.6) is 0 Å². The van der Waals surface area contributed by atoms with Crippen LogP contribution >= 0.6 is 11.6 Å². The molecule has 3 rings (SSSR count). The smallest absolute Gasteiger partial charge is 0.208 e. The van der Waals surface area contributed by atoms with Gasteiger partial charge in [0.25, 0.3) is 0 Å². The normalized spacial score (nSPS) is 11.4. The number of carbonyl (C=O) groups excluding carboxylic acids is 1. The topological polar surface area (TPSA) is 35.1 Å². The van der Waals surface area contributed by atoms with Crippen LogP contribution in [-0.2, 0) is 7.05 Å². The molecule has 4 heteroatoms. The molecule has 0 N–H and O–H groups in total. The number of aromatic nitrogens is 1. The first-order valence-electron chi connectivity index (χ1n) is 4.84. The summed E-state index contributed by atoms with van der Waals surface area (Å²) in [6.07, 6.45) is 0.811. The number of fused-ring (bicyclic) bond motifs is 3. The van der Waals surface area contributed by atoms with Gasteiger partial charge in [-0.1, -0.05) is 23.7 Å². The van der Waals surface area contributed by atoms with Crippen molar-refractivity contribution in [3.63, 3.8) is 0 Å². The first-order valence-corrected chi connectivity index (χ1v) is 5.22. The Bertz CT molecular complexity index is 709. The zero-order valence-electron chi connectivity index (χ0n) is 8.53. The van der Waals surface area contributed by atoms with Gasteiger partial charge in [0.05, 0.1) is 10.7 Å². The summed E-state index contributed by atoms with van der Waals surface area (Å²) in [5, 5.41) is 2.44. The largest absolute Gasteiger partial charge is 0.438 e. The quantitative estimate of drug-likeness (QED) is 0.604. The second-order valence-electron chi connectivity index (χ2n) is 3.68. The number of aldehydes is 1. The fraction of sp³-hybridized carbons (Fsp3) is 0.0833. The molecule has 0 amide bonds. The van der Waals surface area contributed by atoms with Crippen molar-refractivity contribution >= 4 is 40.0 Å². The molecule has 2 heterocycles. The van der Waals surface area contributed by atoms with Crippen molar-refractivity contribution in [3.05, 3.63) is 35.0 Å². The third-order valence-corrected chi connectivity index (χ3v) is 3.09. The number of para-hydroxylation sites is 1. The second kappa shape index (κ2) is 3.12. The van der Waals surface area contributed by atoms with Crippen LogP contribution in [0, 0.1) is 0 Å². The molecule has 0 aliphatic heterocycles. The molecule has 0 aliphatic carbocycles. The molecule has 3 aromatic rings. The molecule has 1 aromatic carbocycles. The first-order chi connectivity index (χ1) is 7.72. The highest BCUT2D eigenvalue weighted by atomic mass is 35.5. The molecular formula is C12H8ClNO2. The van der Waals surface area contributed by atoms with Gasteiger partial charge in [-0.2, -0.15) is 0 Å². The Morgan fingerprint density at radius 3 is 2.94 bits per heavy atom. The Kier molecular flexibility index (Phi) is 1.85.